The highest BCUT2D eigenvalue weighted by Gasteiger charge is 2.26. The summed E-state index contributed by atoms with van der Waals surface area (Å²) in [6, 6.07) is 20.3. The number of hydrogen-bond acceptors (Lipinski definition) is 1. The van der Waals surface area contributed by atoms with E-state index in [9.17, 15) is 0 Å². The molecule has 0 spiro atoms. The largest absolute Gasteiger partial charge is 0.378 e. The number of benzene rings is 2. The van der Waals surface area contributed by atoms with Crippen LogP contribution in [0.3, 0.4) is 0 Å². The van der Waals surface area contributed by atoms with E-state index < -0.39 is 8.80 Å². The summed E-state index contributed by atoms with van der Waals surface area (Å²) in [5.74, 6) is 0. The minimum Gasteiger partial charge on any atom is -0.378 e. The molecule has 1 atom stereocenters. The van der Waals surface area contributed by atoms with Crippen molar-refractivity contribution in [1.82, 2.24) is 4.48 Å². The van der Waals surface area contributed by atoms with E-state index in [0.29, 0.717) is 0 Å². The Hall–Kier alpha value is -1.62. The van der Waals surface area contributed by atoms with Gasteiger partial charge in [-0.2, -0.15) is 0 Å². The molecule has 30 heavy (non-hydrogen) atoms. The van der Waals surface area contributed by atoms with Crippen molar-refractivity contribution in [3.05, 3.63) is 48.5 Å². The van der Waals surface area contributed by atoms with Crippen molar-refractivity contribution in [1.29, 1.82) is 0 Å². The third kappa shape index (κ3) is 5.96. The molecule has 3 rings (SSSR count). The van der Waals surface area contributed by atoms with E-state index in [2.05, 4.69) is 95.7 Å². The Morgan fingerprint density at radius 1 is 0.833 bits per heavy atom. The first-order chi connectivity index (χ1) is 14.2. The van der Waals surface area contributed by atoms with Gasteiger partial charge in [0.2, 0.25) is 0 Å². The number of quaternary nitrogens is 2. The molecule has 3 nitrogen and oxygen atoms in total. The van der Waals surface area contributed by atoms with Crippen molar-refractivity contribution in [3.63, 3.8) is 0 Å². The van der Waals surface area contributed by atoms with Crippen LogP contribution in [-0.2, 0) is 0 Å². The van der Waals surface area contributed by atoms with Crippen LogP contribution in [0.1, 0.15) is 25.7 Å². The maximum atomic E-state index is 2.48. The Morgan fingerprint density at radius 2 is 1.37 bits per heavy atom. The monoisotopic (exact) mass is 425 g/mol. The quantitative estimate of drug-likeness (QED) is 0.463. The average molecular weight is 426 g/mol. The summed E-state index contributed by atoms with van der Waals surface area (Å²) in [4.78, 5) is 2.19. The first-order valence-corrected chi connectivity index (χ1v) is 13.7. The van der Waals surface area contributed by atoms with Crippen LogP contribution in [0.4, 0.5) is 11.4 Å². The highest BCUT2D eigenvalue weighted by Crippen LogP contribution is 2.19. The van der Waals surface area contributed by atoms with E-state index in [0.717, 1.165) is 4.48 Å². The molecule has 164 valence electrons. The summed E-state index contributed by atoms with van der Waals surface area (Å²) in [5, 5.41) is 3.17. The fourth-order valence-electron chi connectivity index (χ4n) is 4.86. The standard InChI is InChI=1S/C26H43N3Si/c1-27(2)23-11-15-25(16-12-23)30(22-10-21-29(6)19-8-7-9-20-29)26-17-13-24(14-18-26)28(3,4)5/h11-18,30H,7-10,19-22H2,1-6H3/q+2. The van der Waals surface area contributed by atoms with E-state index in [1.807, 2.05) is 0 Å². The maximum Gasteiger partial charge on any atom is 0.132 e. The van der Waals surface area contributed by atoms with Crippen LogP contribution >= 0.6 is 0 Å². The predicted molar refractivity (Wildman–Crippen MR) is 137 cm³/mol. The fraction of sp³-hybridized carbons (Fsp3) is 0.538. The zero-order valence-electron chi connectivity index (χ0n) is 20.2. The van der Waals surface area contributed by atoms with Crippen LogP contribution in [0.2, 0.25) is 6.04 Å². The number of rotatable bonds is 8. The van der Waals surface area contributed by atoms with E-state index >= 15 is 0 Å². The molecule has 1 heterocycles. The number of hydrogen-bond donors (Lipinski definition) is 0. The van der Waals surface area contributed by atoms with Crippen molar-refractivity contribution < 1.29 is 4.48 Å². The van der Waals surface area contributed by atoms with Crippen molar-refractivity contribution >= 4 is 30.5 Å². The van der Waals surface area contributed by atoms with E-state index in [4.69, 9.17) is 0 Å². The Kier molecular flexibility index (Phi) is 7.43. The first kappa shape index (κ1) is 23.0. The van der Waals surface area contributed by atoms with Gasteiger partial charge in [0.15, 0.2) is 0 Å². The second kappa shape index (κ2) is 9.67. The lowest BCUT2D eigenvalue weighted by Crippen LogP contribution is -2.49. The molecule has 0 aliphatic carbocycles. The van der Waals surface area contributed by atoms with Crippen molar-refractivity contribution in [2.75, 3.05) is 66.8 Å². The van der Waals surface area contributed by atoms with Gasteiger partial charge in [0.25, 0.3) is 0 Å². The van der Waals surface area contributed by atoms with Gasteiger partial charge in [-0.15, -0.1) is 0 Å². The third-order valence-electron chi connectivity index (χ3n) is 6.97. The zero-order valence-corrected chi connectivity index (χ0v) is 21.3. The highest BCUT2D eigenvalue weighted by atomic mass is 28.3. The van der Waals surface area contributed by atoms with Crippen LogP contribution in [0.5, 0.6) is 0 Å². The van der Waals surface area contributed by atoms with Gasteiger partial charge in [0, 0.05) is 19.8 Å². The molecule has 2 aromatic rings. The predicted octanol–water partition coefficient (Wildman–Crippen LogP) is 3.31. The molecule has 4 heteroatoms. The lowest BCUT2D eigenvalue weighted by atomic mass is 10.1. The van der Waals surface area contributed by atoms with E-state index in [-0.39, 0.29) is 0 Å². The molecule has 2 aromatic carbocycles. The van der Waals surface area contributed by atoms with E-state index in [1.165, 1.54) is 67.2 Å². The maximum absolute atomic E-state index is 2.48. The molecule has 1 saturated heterocycles. The number of piperidine rings is 1. The van der Waals surface area contributed by atoms with Crippen LogP contribution in [-0.4, -0.2) is 75.2 Å². The molecule has 0 radical (unpaired) electrons. The molecule has 0 saturated carbocycles. The second-order valence-electron chi connectivity index (χ2n) is 10.6. The van der Waals surface area contributed by atoms with Gasteiger partial charge in [0.1, 0.15) is 14.5 Å². The van der Waals surface area contributed by atoms with Crippen molar-refractivity contribution in [2.24, 2.45) is 0 Å². The van der Waals surface area contributed by atoms with Crippen LogP contribution in [0, 0.1) is 0 Å². The lowest BCUT2D eigenvalue weighted by molar-refractivity contribution is -0.914. The van der Waals surface area contributed by atoms with Gasteiger partial charge in [-0.05, 0) is 56.0 Å². The SMILES string of the molecule is CN(C)c1ccc([SiH](CCC[N+]2(C)CCCCC2)c2ccc([N+](C)(C)C)cc2)cc1. The number of likely N-dealkylation sites (tertiary alicyclic amines) is 1. The van der Waals surface area contributed by atoms with Crippen LogP contribution in [0.25, 0.3) is 0 Å². The molecular formula is C26H43N3Si+2. The molecule has 0 N–H and O–H groups in total. The van der Waals surface area contributed by atoms with Gasteiger partial charge >= 0.3 is 0 Å². The summed E-state index contributed by atoms with van der Waals surface area (Å²) >= 11 is 0. The summed E-state index contributed by atoms with van der Waals surface area (Å²) in [6.07, 6.45) is 5.60. The Balaban J connectivity index is 1.79. The summed E-state index contributed by atoms with van der Waals surface area (Å²) in [5.41, 5.74) is 2.67. The number of nitrogens with zero attached hydrogens (tertiary/aromatic N) is 3. The molecular weight excluding hydrogens is 382 g/mol. The van der Waals surface area contributed by atoms with Gasteiger partial charge < -0.3 is 9.38 Å². The molecule has 1 unspecified atom stereocenters. The fourth-order valence-corrected chi connectivity index (χ4v) is 7.82. The van der Waals surface area contributed by atoms with Gasteiger partial charge in [0.05, 0.1) is 47.8 Å². The topological polar surface area (TPSA) is 3.24 Å². The smallest absolute Gasteiger partial charge is 0.132 e. The summed E-state index contributed by atoms with van der Waals surface area (Å²) < 4.78 is 2.17. The molecule has 1 aliphatic heterocycles. The van der Waals surface area contributed by atoms with Crippen LogP contribution in [0.15, 0.2) is 48.5 Å². The Morgan fingerprint density at radius 3 is 1.87 bits per heavy atom. The summed E-state index contributed by atoms with van der Waals surface area (Å²) in [7, 11) is 12.2. The third-order valence-corrected chi connectivity index (χ3v) is 10.3. The Bertz CT molecular complexity index is 785. The molecule has 1 aliphatic rings. The minimum absolute atomic E-state index is 0.875. The van der Waals surface area contributed by atoms with Gasteiger partial charge in [-0.25, -0.2) is 0 Å². The summed E-state index contributed by atoms with van der Waals surface area (Å²) in [6.45, 7) is 4.10. The minimum atomic E-state index is -1.21. The average Bonchev–Trinajstić information content (AvgIpc) is 2.71. The zero-order chi connectivity index (χ0) is 21.8. The van der Waals surface area contributed by atoms with Crippen molar-refractivity contribution in [2.45, 2.75) is 31.7 Å². The first-order valence-electron chi connectivity index (χ1n) is 11.7. The Labute approximate surface area is 186 Å². The van der Waals surface area contributed by atoms with Crippen molar-refractivity contribution in [3.8, 4) is 0 Å². The van der Waals surface area contributed by atoms with Gasteiger partial charge in [-0.3, -0.25) is 4.48 Å². The lowest BCUT2D eigenvalue weighted by Gasteiger charge is -2.38. The molecule has 0 amide bonds. The number of anilines is 1. The highest BCUT2D eigenvalue weighted by molar-refractivity contribution is 6.85. The van der Waals surface area contributed by atoms with Gasteiger partial charge in [-0.1, -0.05) is 34.6 Å². The molecule has 0 bridgehead atoms. The second-order valence-corrected chi connectivity index (χ2v) is 13.7. The molecule has 1 fully saturated rings. The van der Waals surface area contributed by atoms with E-state index in [1.54, 1.807) is 10.4 Å². The normalized spacial score (nSPS) is 17.5. The van der Waals surface area contributed by atoms with Crippen LogP contribution < -0.4 is 19.8 Å². The molecule has 0 aromatic heterocycles.